The van der Waals surface area contributed by atoms with E-state index in [9.17, 15) is 4.79 Å². The molecule has 10 nitrogen and oxygen atoms in total. The van der Waals surface area contributed by atoms with Gasteiger partial charge in [-0.1, -0.05) is 40.0 Å². The normalized spacial score (nSPS) is 29.0. The summed E-state index contributed by atoms with van der Waals surface area (Å²) in [7, 11) is 0. The minimum Gasteiger partial charge on any atom is -0.365 e. The van der Waals surface area contributed by atoms with Crippen LogP contribution in [0.1, 0.15) is 97.5 Å². The van der Waals surface area contributed by atoms with E-state index in [1.165, 1.54) is 57.8 Å². The molecule has 6 rings (SSSR count). The van der Waals surface area contributed by atoms with E-state index >= 15 is 0 Å². The molecule has 0 aromatic carbocycles. The summed E-state index contributed by atoms with van der Waals surface area (Å²) in [5, 5.41) is 6.53. The molecule has 208 valence electrons. The number of nitrogens with one attached hydrogen (secondary N) is 3. The molecule has 2 aliphatic carbocycles. The lowest BCUT2D eigenvalue weighted by molar-refractivity contribution is 0.120. The van der Waals surface area contributed by atoms with Crippen LogP contribution in [0.2, 0.25) is 0 Å². The van der Waals surface area contributed by atoms with E-state index in [-0.39, 0.29) is 0 Å². The van der Waals surface area contributed by atoms with E-state index < -0.39 is 12.3 Å². The molecule has 3 atom stereocenters. The lowest BCUT2D eigenvalue weighted by Gasteiger charge is -2.33. The molecule has 2 aromatic rings. The van der Waals surface area contributed by atoms with Crippen LogP contribution in [0.3, 0.4) is 0 Å². The molecule has 0 bridgehead atoms. The first kappa shape index (κ1) is 25.6. The van der Waals surface area contributed by atoms with Gasteiger partial charge in [-0.2, -0.15) is 4.98 Å². The number of amides is 1. The molecule has 3 N–H and O–H groups in total. The lowest BCUT2D eigenvalue weighted by Crippen LogP contribution is -2.36. The fourth-order valence-corrected chi connectivity index (χ4v) is 6.85. The quantitative estimate of drug-likeness (QED) is 0.437. The summed E-state index contributed by atoms with van der Waals surface area (Å²) in [6.07, 6.45) is 10.1. The van der Waals surface area contributed by atoms with Crippen molar-refractivity contribution in [1.82, 2.24) is 30.3 Å². The summed E-state index contributed by atoms with van der Waals surface area (Å²) in [5.74, 6) is 4.96. The number of hydrogen-bond acceptors (Lipinski definition) is 8. The summed E-state index contributed by atoms with van der Waals surface area (Å²) < 4.78 is 2.44. The fraction of sp³-hybridized carbons (Fsp3) is 0.786. The van der Waals surface area contributed by atoms with Gasteiger partial charge in [0, 0.05) is 25.2 Å². The highest BCUT2D eigenvalue weighted by molar-refractivity contribution is 5.86. The number of nitrogens with zero attached hydrogens (tertiary/aromatic N) is 5. The van der Waals surface area contributed by atoms with Crippen LogP contribution in [0, 0.1) is 23.7 Å². The molecule has 2 unspecified atom stereocenters. The summed E-state index contributed by atoms with van der Waals surface area (Å²) in [6.45, 7) is 11.2. The Kier molecular flexibility index (Phi) is 7.09. The third kappa shape index (κ3) is 4.92. The zero-order valence-electron chi connectivity index (χ0n) is 23.4. The van der Waals surface area contributed by atoms with Crippen molar-refractivity contribution in [2.45, 2.75) is 110 Å². The van der Waals surface area contributed by atoms with E-state index in [1.807, 2.05) is 0 Å². The third-order valence-electron chi connectivity index (χ3n) is 9.51. The van der Waals surface area contributed by atoms with Crippen molar-refractivity contribution in [2.75, 3.05) is 16.8 Å². The van der Waals surface area contributed by atoms with Gasteiger partial charge in [-0.3, -0.25) is 5.32 Å². The van der Waals surface area contributed by atoms with Gasteiger partial charge in [-0.05, 0) is 69.1 Å². The summed E-state index contributed by atoms with van der Waals surface area (Å²) in [6, 6.07) is 0.772. The Morgan fingerprint density at radius 2 is 1.82 bits per heavy atom. The Hall–Kier alpha value is -2.62. The molecule has 2 saturated heterocycles. The summed E-state index contributed by atoms with van der Waals surface area (Å²) >= 11 is 0. The SMILES string of the molecule is CC1CCC(Cn2c(N3CCCC3C(C)C)nc3nc(C4NOC(=O)N4)nc(N[C@H](C)C4CCC4)c32)CC1. The molecule has 0 spiro atoms. The van der Waals surface area contributed by atoms with Crippen molar-refractivity contribution in [1.29, 1.82) is 0 Å². The number of imidazole rings is 1. The fourth-order valence-electron chi connectivity index (χ4n) is 6.85. The smallest absolute Gasteiger partial charge is 0.365 e. The third-order valence-corrected chi connectivity index (χ3v) is 9.51. The maximum Gasteiger partial charge on any atom is 0.427 e. The van der Waals surface area contributed by atoms with Gasteiger partial charge in [0.25, 0.3) is 0 Å². The number of fused-ring (bicyclic) bond motifs is 1. The molecule has 10 heteroatoms. The highest BCUT2D eigenvalue weighted by atomic mass is 16.7. The zero-order chi connectivity index (χ0) is 26.4. The van der Waals surface area contributed by atoms with Gasteiger partial charge < -0.3 is 19.6 Å². The van der Waals surface area contributed by atoms with Crippen molar-refractivity contribution >= 4 is 29.0 Å². The first-order valence-corrected chi connectivity index (χ1v) is 14.9. The van der Waals surface area contributed by atoms with Gasteiger partial charge in [0.05, 0.1) is 0 Å². The van der Waals surface area contributed by atoms with Gasteiger partial charge in [0.2, 0.25) is 5.95 Å². The predicted molar refractivity (Wildman–Crippen MR) is 148 cm³/mol. The highest BCUT2D eigenvalue weighted by Gasteiger charge is 2.35. The molecule has 2 aliphatic heterocycles. The second-order valence-corrected chi connectivity index (χ2v) is 12.6. The molecule has 4 heterocycles. The van der Waals surface area contributed by atoms with Crippen LogP contribution >= 0.6 is 0 Å². The Morgan fingerprint density at radius 1 is 1.03 bits per heavy atom. The van der Waals surface area contributed by atoms with Gasteiger partial charge in [-0.25, -0.2) is 14.8 Å². The Morgan fingerprint density at radius 3 is 2.47 bits per heavy atom. The van der Waals surface area contributed by atoms with E-state index in [1.54, 1.807) is 0 Å². The van der Waals surface area contributed by atoms with Crippen molar-refractivity contribution in [2.24, 2.45) is 23.7 Å². The second-order valence-electron chi connectivity index (χ2n) is 12.6. The first-order valence-electron chi connectivity index (χ1n) is 14.9. The van der Waals surface area contributed by atoms with E-state index in [0.29, 0.717) is 41.3 Å². The molecule has 4 fully saturated rings. The number of hydroxylamine groups is 1. The van der Waals surface area contributed by atoms with E-state index in [4.69, 9.17) is 19.8 Å². The van der Waals surface area contributed by atoms with Crippen LogP contribution in [0.5, 0.6) is 0 Å². The predicted octanol–water partition coefficient (Wildman–Crippen LogP) is 5.12. The number of carbonyl (C=O) groups excluding carboxylic acids is 1. The van der Waals surface area contributed by atoms with Crippen molar-refractivity contribution in [3.8, 4) is 0 Å². The molecule has 0 radical (unpaired) electrons. The first-order chi connectivity index (χ1) is 18.4. The molecule has 1 amide bonds. The Bertz CT molecular complexity index is 1150. The van der Waals surface area contributed by atoms with Gasteiger partial charge in [0.15, 0.2) is 23.5 Å². The Labute approximate surface area is 225 Å². The van der Waals surface area contributed by atoms with E-state index in [2.05, 4.69) is 53.3 Å². The minimum atomic E-state index is -0.602. The number of rotatable bonds is 8. The standard InChI is InChI=1S/C28H44N8O2/c1-16(2)21-9-6-14-35(21)27-32-24-22(36(27)15-19-12-10-17(3)11-13-19)23(29-18(4)20-7-5-8-20)30-25(31-24)26-33-28(37)38-34-26/h16-21,26,34H,5-15H2,1-4H3,(H,33,37)(H,29,30,31)/t17?,18-,19?,21?,26?/m1/s1. The molecule has 38 heavy (non-hydrogen) atoms. The van der Waals surface area contributed by atoms with Crippen molar-refractivity contribution < 1.29 is 9.63 Å². The van der Waals surface area contributed by atoms with Crippen LogP contribution in [0.4, 0.5) is 16.6 Å². The number of hydrogen-bond donors (Lipinski definition) is 3. The number of aromatic nitrogens is 4. The minimum absolute atomic E-state index is 0.301. The number of anilines is 2. The summed E-state index contributed by atoms with van der Waals surface area (Å²) in [5.41, 5.74) is 4.41. The van der Waals surface area contributed by atoms with Gasteiger partial charge >= 0.3 is 6.09 Å². The molecular weight excluding hydrogens is 480 g/mol. The summed E-state index contributed by atoms with van der Waals surface area (Å²) in [4.78, 5) is 34.4. The lowest BCUT2D eigenvalue weighted by atomic mass is 9.80. The molecular formula is C28H44N8O2. The maximum atomic E-state index is 11.8. The van der Waals surface area contributed by atoms with Gasteiger partial charge in [-0.15, -0.1) is 5.48 Å². The number of carbonyl (C=O) groups is 1. The Balaban J connectivity index is 1.45. The van der Waals surface area contributed by atoms with Crippen molar-refractivity contribution in [3.05, 3.63) is 5.82 Å². The molecule has 2 aromatic heterocycles. The topological polar surface area (TPSA) is 109 Å². The molecule has 2 saturated carbocycles. The average Bonchev–Trinajstić information content (AvgIpc) is 3.58. The molecule has 4 aliphatic rings. The van der Waals surface area contributed by atoms with Crippen LogP contribution in [0.15, 0.2) is 0 Å². The monoisotopic (exact) mass is 524 g/mol. The highest BCUT2D eigenvalue weighted by Crippen LogP contribution is 2.38. The zero-order valence-corrected chi connectivity index (χ0v) is 23.4. The second kappa shape index (κ2) is 10.5. The van der Waals surface area contributed by atoms with Crippen LogP contribution in [0.25, 0.3) is 11.2 Å². The van der Waals surface area contributed by atoms with Crippen LogP contribution in [-0.4, -0.2) is 44.2 Å². The van der Waals surface area contributed by atoms with E-state index in [0.717, 1.165) is 36.3 Å². The largest absolute Gasteiger partial charge is 0.427 e. The van der Waals surface area contributed by atoms with Crippen LogP contribution in [-0.2, 0) is 11.4 Å². The van der Waals surface area contributed by atoms with Crippen LogP contribution < -0.4 is 21.0 Å². The maximum absolute atomic E-state index is 11.8. The average molecular weight is 525 g/mol. The van der Waals surface area contributed by atoms with Gasteiger partial charge in [0.1, 0.15) is 5.52 Å². The van der Waals surface area contributed by atoms with Crippen molar-refractivity contribution in [3.63, 3.8) is 0 Å².